The maximum Gasteiger partial charge on any atom is 0.189 e. The summed E-state index contributed by atoms with van der Waals surface area (Å²) in [5.41, 5.74) is 10.1. The lowest BCUT2D eigenvalue weighted by atomic mass is 9.87. The first-order chi connectivity index (χ1) is 15.1. The lowest BCUT2D eigenvalue weighted by Crippen LogP contribution is -2.64. The van der Waals surface area contributed by atoms with E-state index in [0.29, 0.717) is 0 Å². The van der Waals surface area contributed by atoms with Crippen molar-refractivity contribution in [3.8, 4) is 0 Å². The van der Waals surface area contributed by atoms with Gasteiger partial charge >= 0.3 is 0 Å². The smallest absolute Gasteiger partial charge is 0.189 e. The summed E-state index contributed by atoms with van der Waals surface area (Å²) in [6.07, 6.45) is 8.00. The predicted molar refractivity (Wildman–Crippen MR) is 132 cm³/mol. The van der Waals surface area contributed by atoms with Crippen molar-refractivity contribution in [1.29, 1.82) is 0 Å². The third-order valence-electron chi connectivity index (χ3n) is 6.12. The van der Waals surface area contributed by atoms with Crippen molar-refractivity contribution in [1.82, 2.24) is 0 Å². The molecule has 0 spiro atoms. The molecule has 0 rings (SSSR count). The highest BCUT2D eigenvalue weighted by Crippen LogP contribution is 2.32. The summed E-state index contributed by atoms with van der Waals surface area (Å²) in [7, 11) is -5.17. The van der Waals surface area contributed by atoms with E-state index < -0.39 is 10.4 Å². The van der Waals surface area contributed by atoms with Gasteiger partial charge in [0.1, 0.15) is 0 Å². The molecule has 0 heterocycles. The molecule has 0 aromatic heterocycles. The van der Waals surface area contributed by atoms with Crippen molar-refractivity contribution < 1.29 is 38.5 Å². The molecule has 0 fully saturated rings. The molecular formula is C24H52N2O6S. The molecule has 200 valence electrons. The largest absolute Gasteiger partial charge is 0.759 e. The van der Waals surface area contributed by atoms with Crippen LogP contribution in [-0.4, -0.2) is 41.2 Å². The van der Waals surface area contributed by atoms with Crippen LogP contribution in [0.3, 0.4) is 0 Å². The average molecular weight is 497 g/mol. The highest BCUT2D eigenvalue weighted by atomic mass is 32.3. The Morgan fingerprint density at radius 3 is 1.06 bits per heavy atom. The first kappa shape index (κ1) is 36.8. The highest BCUT2D eigenvalue weighted by Gasteiger charge is 2.33. The lowest BCUT2D eigenvalue weighted by molar-refractivity contribution is -0.504. The molecule has 33 heavy (non-hydrogen) atoms. The lowest BCUT2D eigenvalue weighted by Gasteiger charge is -2.34. The predicted octanol–water partition coefficient (Wildman–Crippen LogP) is 3.67. The van der Waals surface area contributed by atoms with Crippen molar-refractivity contribution >= 4 is 10.4 Å². The standard InChI is InChI=1S/2C12H25NO.H2O4S/c2*1-6-10(5)12(8-3,9-4)14-11(13)7-2;1-5(2,3)4/h2*11H,5-9,13H2,1-4H3;(H2,1,2,3,4). The Kier molecular flexibility index (Phi) is 20.6. The zero-order valence-corrected chi connectivity index (χ0v) is 23.3. The molecule has 0 bridgehead atoms. The number of rotatable bonds is 14. The van der Waals surface area contributed by atoms with E-state index in [1.54, 1.807) is 0 Å². The molecule has 0 radical (unpaired) electrons. The Morgan fingerprint density at radius 1 is 0.727 bits per heavy atom. The quantitative estimate of drug-likeness (QED) is 0.162. The first-order valence-corrected chi connectivity index (χ1v) is 13.5. The molecule has 0 aliphatic rings. The van der Waals surface area contributed by atoms with E-state index in [9.17, 15) is 0 Å². The summed E-state index contributed by atoms with van der Waals surface area (Å²) in [5, 5.41) is 0. The molecule has 6 N–H and O–H groups in total. The molecule has 0 saturated heterocycles. The molecule has 9 heteroatoms. The first-order valence-electron chi connectivity index (χ1n) is 12.2. The molecule has 0 aromatic rings. The monoisotopic (exact) mass is 496 g/mol. The van der Waals surface area contributed by atoms with Gasteiger partial charge in [0, 0.05) is 23.2 Å². The maximum absolute atomic E-state index is 8.52. The molecule has 0 aliphatic carbocycles. The van der Waals surface area contributed by atoms with Gasteiger partial charge in [-0.1, -0.05) is 68.5 Å². The van der Waals surface area contributed by atoms with E-state index in [0.717, 1.165) is 51.4 Å². The third kappa shape index (κ3) is 15.7. The molecule has 2 unspecified atom stereocenters. The fourth-order valence-electron chi connectivity index (χ4n) is 3.45. The van der Waals surface area contributed by atoms with Crippen LogP contribution in [0.5, 0.6) is 0 Å². The minimum Gasteiger partial charge on any atom is -0.759 e. The summed E-state index contributed by atoms with van der Waals surface area (Å²) in [4.78, 5) is 0. The molecule has 0 saturated carbocycles. The van der Waals surface area contributed by atoms with Gasteiger partial charge in [-0.25, -0.2) is 0 Å². The van der Waals surface area contributed by atoms with Gasteiger partial charge in [0.2, 0.25) is 0 Å². The maximum atomic E-state index is 8.52. The number of quaternary nitrogens is 2. The second kappa shape index (κ2) is 18.5. The van der Waals surface area contributed by atoms with Crippen LogP contribution < -0.4 is 11.5 Å². The van der Waals surface area contributed by atoms with Gasteiger partial charge in [0.25, 0.3) is 0 Å². The zero-order valence-electron chi connectivity index (χ0n) is 22.5. The molecule has 0 aliphatic heterocycles. The van der Waals surface area contributed by atoms with E-state index >= 15 is 0 Å². The van der Waals surface area contributed by atoms with Crippen LogP contribution >= 0.6 is 0 Å². The Labute approximate surface area is 203 Å². The van der Waals surface area contributed by atoms with E-state index in [-0.39, 0.29) is 23.7 Å². The molecular weight excluding hydrogens is 444 g/mol. The van der Waals surface area contributed by atoms with Crippen molar-refractivity contribution in [3.63, 3.8) is 0 Å². The van der Waals surface area contributed by atoms with Crippen molar-refractivity contribution in [3.05, 3.63) is 24.3 Å². The zero-order chi connectivity index (χ0) is 26.9. The molecule has 0 aromatic carbocycles. The van der Waals surface area contributed by atoms with E-state index in [2.05, 4.69) is 80.0 Å². The topological polar surface area (TPSA) is 154 Å². The number of ether oxygens (including phenoxy) is 2. The Balaban J connectivity index is -0.000000453. The van der Waals surface area contributed by atoms with E-state index in [1.165, 1.54) is 11.1 Å². The van der Waals surface area contributed by atoms with Gasteiger partial charge in [-0.15, -0.1) is 0 Å². The minimum absolute atomic E-state index is 0.0817. The van der Waals surface area contributed by atoms with Crippen LogP contribution in [0.1, 0.15) is 107 Å². The fraction of sp³-hybridized carbons (Fsp3) is 0.833. The van der Waals surface area contributed by atoms with Crippen molar-refractivity contribution in [2.24, 2.45) is 0 Å². The second-order valence-corrected chi connectivity index (χ2v) is 8.84. The summed E-state index contributed by atoms with van der Waals surface area (Å²) in [6, 6.07) is 0. The highest BCUT2D eigenvalue weighted by molar-refractivity contribution is 7.79. The minimum atomic E-state index is -5.17. The van der Waals surface area contributed by atoms with E-state index in [1.807, 2.05) is 0 Å². The average Bonchev–Trinajstić information content (AvgIpc) is 2.78. The number of hydrogen-bond donors (Lipinski definition) is 2. The van der Waals surface area contributed by atoms with Crippen LogP contribution in [0.4, 0.5) is 0 Å². The number of hydrogen-bond acceptors (Lipinski definition) is 6. The van der Waals surface area contributed by atoms with Crippen molar-refractivity contribution in [2.45, 2.75) is 130 Å². The van der Waals surface area contributed by atoms with Crippen LogP contribution in [0.2, 0.25) is 0 Å². The van der Waals surface area contributed by atoms with E-state index in [4.69, 9.17) is 27.0 Å². The van der Waals surface area contributed by atoms with Crippen LogP contribution in [0, 0.1) is 0 Å². The summed E-state index contributed by atoms with van der Waals surface area (Å²) < 4.78 is 46.1. The third-order valence-corrected chi connectivity index (χ3v) is 6.12. The Morgan fingerprint density at radius 2 is 0.939 bits per heavy atom. The second-order valence-electron chi connectivity index (χ2n) is 8.02. The summed E-state index contributed by atoms with van der Waals surface area (Å²) >= 11 is 0. The SMILES string of the molecule is C=C(CC)C(CC)(CC)OC([NH3+])CC.C=C(CC)C(CC)(CC)OC([NH3+])CC.O=S(=O)([O-])[O-]. The Bertz CT molecular complexity index is 581. The molecule has 0 amide bonds. The molecule has 8 nitrogen and oxygen atoms in total. The van der Waals surface area contributed by atoms with Crippen LogP contribution in [-0.2, 0) is 19.9 Å². The molecule has 2 atom stereocenters. The van der Waals surface area contributed by atoms with Gasteiger partial charge in [-0.3, -0.25) is 8.42 Å². The van der Waals surface area contributed by atoms with Crippen molar-refractivity contribution in [2.75, 3.05) is 0 Å². The van der Waals surface area contributed by atoms with Gasteiger partial charge in [-0.2, -0.15) is 0 Å². The van der Waals surface area contributed by atoms with Crippen LogP contribution in [0.15, 0.2) is 24.3 Å². The van der Waals surface area contributed by atoms with Gasteiger partial charge < -0.3 is 30.0 Å². The summed E-state index contributed by atoms with van der Waals surface area (Å²) in [6.45, 7) is 25.4. The Hall–Kier alpha value is -0.810. The normalized spacial score (nSPS) is 13.7. The van der Waals surface area contributed by atoms with Gasteiger partial charge in [0.15, 0.2) is 12.5 Å². The van der Waals surface area contributed by atoms with Gasteiger partial charge in [-0.05, 0) is 49.7 Å². The van der Waals surface area contributed by atoms with Gasteiger partial charge in [0.05, 0.1) is 11.2 Å². The summed E-state index contributed by atoms with van der Waals surface area (Å²) in [5.74, 6) is 0. The fourth-order valence-corrected chi connectivity index (χ4v) is 3.45. The van der Waals surface area contributed by atoms with Crippen LogP contribution in [0.25, 0.3) is 0 Å².